The highest BCUT2D eigenvalue weighted by atomic mass is 15.0. The summed E-state index contributed by atoms with van der Waals surface area (Å²) >= 11 is 0. The van der Waals surface area contributed by atoms with Gasteiger partial charge in [0.25, 0.3) is 6.71 Å². The zero-order chi connectivity index (χ0) is 55.4. The molecule has 16 aromatic rings. The van der Waals surface area contributed by atoms with Gasteiger partial charge in [-0.15, -0.1) is 0 Å². The fourth-order valence-electron chi connectivity index (χ4n) is 15.6. The first-order valence-electron chi connectivity index (χ1n) is 29.6. The largest absolute Gasteiger partial charge is 0.310 e. The van der Waals surface area contributed by atoms with E-state index in [9.17, 15) is 0 Å². The molecule has 0 N–H and O–H groups in total. The fourth-order valence-corrected chi connectivity index (χ4v) is 15.6. The molecule has 0 amide bonds. The first-order valence-corrected chi connectivity index (χ1v) is 29.6. The fraction of sp³-hybridized carbons (Fsp3) is 0.100. The van der Waals surface area contributed by atoms with Crippen LogP contribution in [0.3, 0.4) is 0 Å². The highest BCUT2D eigenvalue weighted by molar-refractivity contribution is 7.00. The molecule has 0 unspecified atom stereocenters. The number of hydrogen-bond acceptors (Lipinski definition) is 0. The van der Waals surface area contributed by atoms with Gasteiger partial charge < -0.3 is 9.13 Å². The van der Waals surface area contributed by atoms with E-state index < -0.39 is 0 Å². The van der Waals surface area contributed by atoms with Crippen molar-refractivity contribution in [1.29, 1.82) is 0 Å². The second-order valence-electron chi connectivity index (χ2n) is 25.9. The lowest BCUT2D eigenvalue weighted by Crippen LogP contribution is -2.59. The zero-order valence-corrected chi connectivity index (χ0v) is 47.5. The van der Waals surface area contributed by atoms with Crippen molar-refractivity contribution >= 4 is 131 Å². The summed E-state index contributed by atoms with van der Waals surface area (Å²) in [7, 11) is 0. The second-order valence-corrected chi connectivity index (χ2v) is 25.9. The van der Waals surface area contributed by atoms with Crippen LogP contribution in [0.2, 0.25) is 0 Å². The number of rotatable bonds is 3. The molecule has 3 heteroatoms. The molecule has 18 rings (SSSR count). The molecule has 0 bridgehead atoms. The third-order valence-corrected chi connectivity index (χ3v) is 19.3. The number of nitrogens with zero attached hydrogens (tertiary/aromatic N) is 2. The standard InChI is InChI=1S/C80H57BN2/c1-79(2,3)49-36-38-67-62(42-49)64-43-50(80(4,5)6)44-65-77(64)82(67)69-40-48(52-35-21-34-51(46-22-9-7-10-23-46)71(52)47-24-11-8-12-25-47)41-70-76(69)81(65)66-45-63-58-31-16-14-27-54(58)56-29-18-20-33-60(56)73(63)75-74-68(83(70)78(66)75)39-37-61-57-30-15-13-26-53(57)55-28-17-19-32-59(55)72(61)74/h7-45H,1-6H3. The maximum atomic E-state index is 2.74. The van der Waals surface area contributed by atoms with Crippen molar-refractivity contribution in [3.63, 3.8) is 0 Å². The Morgan fingerprint density at radius 2 is 0.747 bits per heavy atom. The van der Waals surface area contributed by atoms with Crippen LogP contribution in [0.1, 0.15) is 52.7 Å². The van der Waals surface area contributed by atoms with Crippen molar-refractivity contribution in [3.05, 3.63) is 248 Å². The van der Waals surface area contributed by atoms with Crippen LogP contribution in [0.25, 0.3) is 153 Å². The van der Waals surface area contributed by atoms with Gasteiger partial charge in [0.2, 0.25) is 0 Å². The van der Waals surface area contributed by atoms with E-state index in [2.05, 4.69) is 287 Å². The second kappa shape index (κ2) is 16.5. The lowest BCUT2D eigenvalue weighted by Gasteiger charge is -2.35. The average molecular weight is 1060 g/mol. The predicted octanol–water partition coefficient (Wildman–Crippen LogP) is 19.5. The minimum absolute atomic E-state index is 0.0371. The van der Waals surface area contributed by atoms with Crippen molar-refractivity contribution in [2.45, 2.75) is 52.4 Å². The number of hydrogen-bond donors (Lipinski definition) is 0. The lowest BCUT2D eigenvalue weighted by atomic mass is 9.34. The summed E-state index contributed by atoms with van der Waals surface area (Å²) in [5, 5.41) is 20.8. The van der Waals surface area contributed by atoms with Crippen molar-refractivity contribution in [3.8, 4) is 44.8 Å². The molecule has 14 aromatic carbocycles. The van der Waals surface area contributed by atoms with E-state index in [-0.39, 0.29) is 17.5 Å². The molecule has 2 aliphatic heterocycles. The van der Waals surface area contributed by atoms with Crippen LogP contribution in [-0.2, 0) is 10.8 Å². The summed E-state index contributed by atoms with van der Waals surface area (Å²) in [5.74, 6) is 0. The normalized spacial score (nSPS) is 13.2. The Hall–Kier alpha value is -9.70. The van der Waals surface area contributed by atoms with E-state index in [1.807, 2.05) is 0 Å². The van der Waals surface area contributed by atoms with Crippen LogP contribution >= 0.6 is 0 Å². The summed E-state index contributed by atoms with van der Waals surface area (Å²) in [6.45, 7) is 14.1. The Morgan fingerprint density at radius 1 is 0.289 bits per heavy atom. The van der Waals surface area contributed by atoms with Crippen LogP contribution in [-0.4, -0.2) is 15.8 Å². The van der Waals surface area contributed by atoms with Crippen LogP contribution in [0.5, 0.6) is 0 Å². The smallest absolute Gasteiger partial charge is 0.252 e. The van der Waals surface area contributed by atoms with Gasteiger partial charge in [0.15, 0.2) is 0 Å². The highest BCUT2D eigenvalue weighted by Crippen LogP contribution is 2.51. The van der Waals surface area contributed by atoms with E-state index in [1.54, 1.807) is 0 Å². The molecule has 4 heterocycles. The van der Waals surface area contributed by atoms with E-state index in [0.717, 1.165) is 0 Å². The third kappa shape index (κ3) is 6.29. The molecule has 2 aliphatic rings. The first kappa shape index (κ1) is 47.0. The lowest BCUT2D eigenvalue weighted by molar-refractivity contribution is 0.590. The summed E-state index contributed by atoms with van der Waals surface area (Å²) in [5.41, 5.74) is 21.5. The molecule has 0 spiro atoms. The Kier molecular flexibility index (Phi) is 9.34. The third-order valence-electron chi connectivity index (χ3n) is 19.3. The van der Waals surface area contributed by atoms with Crippen LogP contribution in [0.15, 0.2) is 237 Å². The number of benzene rings is 14. The number of fused-ring (bicyclic) bond motifs is 24. The quantitative estimate of drug-likeness (QED) is 0.123. The highest BCUT2D eigenvalue weighted by Gasteiger charge is 2.43. The van der Waals surface area contributed by atoms with E-state index in [0.29, 0.717) is 0 Å². The Bertz CT molecular complexity index is 5530. The summed E-state index contributed by atoms with van der Waals surface area (Å²) in [4.78, 5) is 0. The van der Waals surface area contributed by atoms with Crippen molar-refractivity contribution in [2.24, 2.45) is 0 Å². The SMILES string of the molecule is CC(C)(C)c1ccc2c(c1)c1cc(C(C)(C)C)cc3c1n2-c1cc(-c2cccc(-c4ccccc4)c2-c2ccccc2)cc2c1B3c1cc3c4ccccc4c4ccccc4c3c3c4c5c6ccccc6c6ccccc6c5ccc4n-2c13. The molecule has 2 aromatic heterocycles. The average Bonchev–Trinajstić information content (AvgIpc) is 1.65. The summed E-state index contributed by atoms with van der Waals surface area (Å²) in [6.07, 6.45) is 0. The molecule has 0 aliphatic carbocycles. The monoisotopic (exact) mass is 1060 g/mol. The maximum Gasteiger partial charge on any atom is 0.252 e. The van der Waals surface area contributed by atoms with Gasteiger partial charge in [0, 0.05) is 49.2 Å². The molecule has 2 nitrogen and oxygen atoms in total. The first-order chi connectivity index (χ1) is 40.5. The van der Waals surface area contributed by atoms with Gasteiger partial charge in [-0.05, 0) is 162 Å². The van der Waals surface area contributed by atoms with Crippen LogP contribution in [0.4, 0.5) is 0 Å². The van der Waals surface area contributed by atoms with Gasteiger partial charge in [-0.2, -0.15) is 0 Å². The Balaban J connectivity index is 1.11. The topological polar surface area (TPSA) is 9.86 Å². The summed E-state index contributed by atoms with van der Waals surface area (Å²) < 4.78 is 5.43. The van der Waals surface area contributed by atoms with E-state index >= 15 is 0 Å². The Morgan fingerprint density at radius 3 is 1.34 bits per heavy atom. The molecular formula is C80H57BN2. The van der Waals surface area contributed by atoms with Gasteiger partial charge in [0.1, 0.15) is 0 Å². The van der Waals surface area contributed by atoms with Crippen LogP contribution in [0, 0.1) is 0 Å². The van der Waals surface area contributed by atoms with Gasteiger partial charge in [-0.3, -0.25) is 0 Å². The molecule has 0 saturated heterocycles. The predicted molar refractivity (Wildman–Crippen MR) is 359 cm³/mol. The molecule has 0 fully saturated rings. The van der Waals surface area contributed by atoms with Crippen LogP contribution < -0.4 is 16.4 Å². The van der Waals surface area contributed by atoms with E-state index in [4.69, 9.17) is 0 Å². The Labute approximate surface area is 482 Å². The molecule has 0 saturated carbocycles. The molecule has 83 heavy (non-hydrogen) atoms. The molecular weight excluding hydrogens is 1000 g/mol. The summed E-state index contributed by atoms with van der Waals surface area (Å²) in [6, 6.07) is 91.0. The van der Waals surface area contributed by atoms with Gasteiger partial charge in [-0.25, -0.2) is 0 Å². The van der Waals surface area contributed by atoms with Gasteiger partial charge >= 0.3 is 0 Å². The van der Waals surface area contributed by atoms with Crippen molar-refractivity contribution < 1.29 is 0 Å². The van der Waals surface area contributed by atoms with Gasteiger partial charge in [-0.1, -0.05) is 242 Å². The van der Waals surface area contributed by atoms with Gasteiger partial charge in [0.05, 0.1) is 16.6 Å². The molecule has 0 radical (unpaired) electrons. The number of aromatic nitrogens is 2. The zero-order valence-electron chi connectivity index (χ0n) is 47.5. The van der Waals surface area contributed by atoms with E-state index in [1.165, 1.54) is 181 Å². The van der Waals surface area contributed by atoms with Crippen molar-refractivity contribution in [2.75, 3.05) is 0 Å². The minimum atomic E-state index is -0.120. The molecule has 0 atom stereocenters. The van der Waals surface area contributed by atoms with Crippen molar-refractivity contribution in [1.82, 2.24) is 9.13 Å². The minimum Gasteiger partial charge on any atom is -0.310 e. The molecule has 390 valence electrons. The maximum absolute atomic E-state index is 2.74.